The fourth-order valence-electron chi connectivity index (χ4n) is 5.44. The molecule has 1 aromatic heterocycles. The van der Waals surface area contributed by atoms with E-state index in [9.17, 15) is 14.4 Å². The van der Waals surface area contributed by atoms with Crippen LogP contribution >= 0.6 is 15.9 Å². The number of anilines is 1. The molecule has 2 N–H and O–H groups in total. The number of aryl methyl sites for hydroxylation is 1. The van der Waals surface area contributed by atoms with E-state index in [1.165, 1.54) is 0 Å². The minimum atomic E-state index is -0.731. The molecule has 1 atom stereocenters. The molecule has 11 heteroatoms. The Bertz CT molecular complexity index is 1680. The molecule has 1 fully saturated rings. The fourth-order valence-corrected chi connectivity index (χ4v) is 6.00. The summed E-state index contributed by atoms with van der Waals surface area (Å²) in [4.78, 5) is 48.4. The van der Waals surface area contributed by atoms with Crippen molar-refractivity contribution in [3.8, 4) is 0 Å². The zero-order chi connectivity index (χ0) is 31.8. The topological polar surface area (TPSA) is 117 Å². The summed E-state index contributed by atoms with van der Waals surface area (Å²) in [6.07, 6.45) is 0.373. The maximum absolute atomic E-state index is 13.9. The van der Waals surface area contributed by atoms with Crippen LogP contribution in [0.2, 0.25) is 0 Å². The molecule has 0 bridgehead atoms. The van der Waals surface area contributed by atoms with Gasteiger partial charge in [-0.05, 0) is 58.1 Å². The molecule has 2 heterocycles. The first-order valence-corrected chi connectivity index (χ1v) is 15.9. The number of amides is 2. The van der Waals surface area contributed by atoms with Crippen LogP contribution in [0.15, 0.2) is 80.4 Å². The lowest BCUT2D eigenvalue weighted by atomic mass is 10.0. The lowest BCUT2D eigenvalue weighted by molar-refractivity contribution is -0.132. The number of likely N-dealkylation sites (N-methyl/N-ethyl adjacent to an activating group) is 1. The summed E-state index contributed by atoms with van der Waals surface area (Å²) in [6, 6.07) is 20.6. The molecule has 236 valence electrons. The van der Waals surface area contributed by atoms with E-state index in [1.54, 1.807) is 4.90 Å². The van der Waals surface area contributed by atoms with Crippen molar-refractivity contribution in [3.05, 3.63) is 104 Å². The van der Waals surface area contributed by atoms with Gasteiger partial charge in [0.2, 0.25) is 11.8 Å². The van der Waals surface area contributed by atoms with Gasteiger partial charge in [-0.2, -0.15) is 4.98 Å². The Morgan fingerprint density at radius 1 is 1.04 bits per heavy atom. The molecule has 0 saturated carbocycles. The Hall–Kier alpha value is -4.06. The van der Waals surface area contributed by atoms with Gasteiger partial charge in [-0.15, -0.1) is 0 Å². The van der Waals surface area contributed by atoms with Crippen LogP contribution in [0.3, 0.4) is 0 Å². The molecule has 0 aliphatic carbocycles. The first-order valence-electron chi connectivity index (χ1n) is 15.1. The van der Waals surface area contributed by atoms with Crippen molar-refractivity contribution in [1.29, 1.82) is 0 Å². The molecule has 1 aliphatic rings. The van der Waals surface area contributed by atoms with Gasteiger partial charge in [0, 0.05) is 43.6 Å². The molecule has 10 nitrogen and oxygen atoms in total. The highest BCUT2D eigenvalue weighted by Gasteiger charge is 2.26. The number of halogens is 1. The Morgan fingerprint density at radius 3 is 2.38 bits per heavy atom. The highest BCUT2D eigenvalue weighted by atomic mass is 79.9. The highest BCUT2D eigenvalue weighted by Crippen LogP contribution is 2.28. The zero-order valence-electron chi connectivity index (χ0n) is 25.6. The van der Waals surface area contributed by atoms with Crippen molar-refractivity contribution >= 4 is 44.7 Å². The maximum atomic E-state index is 13.9. The molecule has 1 aliphatic heterocycles. The summed E-state index contributed by atoms with van der Waals surface area (Å²) in [7, 11) is 0. The van der Waals surface area contributed by atoms with Crippen LogP contribution in [0.1, 0.15) is 29.2 Å². The number of benzene rings is 3. The van der Waals surface area contributed by atoms with E-state index in [1.807, 2.05) is 85.5 Å². The van der Waals surface area contributed by atoms with Crippen LogP contribution in [0.4, 0.5) is 6.01 Å². The van der Waals surface area contributed by atoms with E-state index >= 15 is 0 Å². The van der Waals surface area contributed by atoms with Gasteiger partial charge in [-0.25, -0.2) is 4.79 Å². The monoisotopic (exact) mass is 675 g/mol. The number of nitrogens with zero attached hydrogens (tertiary/aromatic N) is 3. The van der Waals surface area contributed by atoms with Crippen molar-refractivity contribution < 1.29 is 18.7 Å². The second-order valence-corrected chi connectivity index (χ2v) is 11.9. The zero-order valence-corrected chi connectivity index (χ0v) is 27.1. The van der Waals surface area contributed by atoms with Crippen LogP contribution in [0.25, 0.3) is 10.9 Å². The smallest absolute Gasteiger partial charge is 0.348 e. The summed E-state index contributed by atoms with van der Waals surface area (Å²) in [5.74, 6) is -0.229. The van der Waals surface area contributed by atoms with E-state index in [4.69, 9.17) is 9.15 Å². The van der Waals surface area contributed by atoms with Gasteiger partial charge in [-0.1, -0.05) is 60.7 Å². The number of morpholine rings is 1. The minimum absolute atomic E-state index is 0.0378. The standard InChI is InChI=1S/C34H38BrN5O5/c1-3-40(21-25-12-8-5-9-13-25)32(42)28(18-24-10-6-4-7-11-24)37-34-38-31-27(35)19-26(23(2)30(31)33(43)45-34)20-36-29(41)22-39-14-16-44-17-15-39/h4-13,19,28H,3,14-18,20-22H2,1-2H3,(H,36,41)(H,37,38)/t28-/m0/s1. The van der Waals surface area contributed by atoms with Gasteiger partial charge in [0.25, 0.3) is 6.01 Å². The Labute approximate surface area is 270 Å². The van der Waals surface area contributed by atoms with E-state index < -0.39 is 11.7 Å². The third-order valence-corrected chi connectivity index (χ3v) is 8.57. The highest BCUT2D eigenvalue weighted by molar-refractivity contribution is 9.10. The third-order valence-electron chi connectivity index (χ3n) is 7.96. The Morgan fingerprint density at radius 2 is 1.71 bits per heavy atom. The van der Waals surface area contributed by atoms with Crippen LogP contribution < -0.4 is 16.3 Å². The summed E-state index contributed by atoms with van der Waals surface area (Å²) in [5, 5.41) is 6.41. The lowest BCUT2D eigenvalue weighted by Gasteiger charge is -2.27. The molecule has 0 unspecified atom stereocenters. The summed E-state index contributed by atoms with van der Waals surface area (Å²) in [6.45, 7) is 7.94. The summed E-state index contributed by atoms with van der Waals surface area (Å²) < 4.78 is 11.6. The van der Waals surface area contributed by atoms with Crippen molar-refractivity contribution in [1.82, 2.24) is 20.1 Å². The van der Waals surface area contributed by atoms with Gasteiger partial charge in [0.05, 0.1) is 30.7 Å². The first kappa shape index (κ1) is 32.3. The van der Waals surface area contributed by atoms with Gasteiger partial charge in [0.15, 0.2) is 0 Å². The van der Waals surface area contributed by atoms with Gasteiger partial charge < -0.3 is 24.7 Å². The predicted molar refractivity (Wildman–Crippen MR) is 177 cm³/mol. The summed E-state index contributed by atoms with van der Waals surface area (Å²) in [5.41, 5.74) is 3.26. The number of hydrogen-bond acceptors (Lipinski definition) is 8. The average Bonchev–Trinajstić information content (AvgIpc) is 3.05. The normalized spacial score (nSPS) is 14.2. The minimum Gasteiger partial charge on any atom is -0.389 e. The molecule has 0 spiro atoms. The van der Waals surface area contributed by atoms with Crippen LogP contribution in [-0.4, -0.2) is 72.0 Å². The molecule has 3 aromatic carbocycles. The van der Waals surface area contributed by atoms with E-state index in [2.05, 4.69) is 31.5 Å². The molecule has 0 radical (unpaired) electrons. The van der Waals surface area contributed by atoms with Crippen LogP contribution in [0.5, 0.6) is 0 Å². The average molecular weight is 677 g/mol. The lowest BCUT2D eigenvalue weighted by Crippen LogP contribution is -2.44. The van der Waals surface area contributed by atoms with Crippen LogP contribution in [0, 0.1) is 6.92 Å². The van der Waals surface area contributed by atoms with E-state index in [0.29, 0.717) is 60.2 Å². The number of carbonyl (C=O) groups excluding carboxylic acids is 2. The second-order valence-electron chi connectivity index (χ2n) is 11.1. The van der Waals surface area contributed by atoms with Gasteiger partial charge in [0.1, 0.15) is 6.04 Å². The SMILES string of the molecule is CCN(Cc1ccccc1)C(=O)[C@H](Cc1ccccc1)Nc1nc2c(Br)cc(CNC(=O)CN3CCOCC3)c(C)c2c(=O)o1. The van der Waals surface area contributed by atoms with E-state index in [-0.39, 0.29) is 24.4 Å². The number of fused-ring (bicyclic) bond motifs is 1. The van der Waals surface area contributed by atoms with Crippen molar-refractivity contribution in [3.63, 3.8) is 0 Å². The van der Waals surface area contributed by atoms with Crippen molar-refractivity contribution in [2.45, 2.75) is 39.4 Å². The molecular weight excluding hydrogens is 638 g/mol. The fraction of sp³-hybridized carbons (Fsp3) is 0.353. The summed E-state index contributed by atoms with van der Waals surface area (Å²) >= 11 is 3.58. The second kappa shape index (κ2) is 15.3. The first-order chi connectivity index (χ1) is 21.8. The number of rotatable bonds is 12. The number of aromatic nitrogens is 1. The molecule has 2 amide bonds. The molecule has 45 heavy (non-hydrogen) atoms. The quantitative estimate of drug-likeness (QED) is 0.229. The Kier molecular flexibility index (Phi) is 11.0. The van der Waals surface area contributed by atoms with E-state index in [0.717, 1.165) is 29.8 Å². The maximum Gasteiger partial charge on any atom is 0.348 e. The Balaban J connectivity index is 1.37. The molecule has 1 saturated heterocycles. The number of nitrogens with one attached hydrogen (secondary N) is 2. The number of hydrogen-bond donors (Lipinski definition) is 2. The largest absolute Gasteiger partial charge is 0.389 e. The van der Waals surface area contributed by atoms with Gasteiger partial charge >= 0.3 is 5.63 Å². The number of carbonyl (C=O) groups is 2. The van der Waals surface area contributed by atoms with Crippen molar-refractivity contribution in [2.24, 2.45) is 0 Å². The van der Waals surface area contributed by atoms with Crippen LogP contribution in [-0.2, 0) is 33.8 Å². The molecule has 5 rings (SSSR count). The van der Waals surface area contributed by atoms with Crippen molar-refractivity contribution in [2.75, 3.05) is 44.7 Å². The number of ether oxygens (including phenoxy) is 1. The molecular formula is C34H38BrN5O5. The third kappa shape index (κ3) is 8.36. The van der Waals surface area contributed by atoms with Gasteiger partial charge in [-0.3, -0.25) is 14.5 Å². The molecule has 4 aromatic rings. The predicted octanol–water partition coefficient (Wildman–Crippen LogP) is 4.28.